The van der Waals surface area contributed by atoms with Crippen molar-refractivity contribution in [2.24, 2.45) is 0 Å². The summed E-state index contributed by atoms with van der Waals surface area (Å²) in [6, 6.07) is 5.82. The van der Waals surface area contributed by atoms with Crippen LogP contribution in [0.2, 0.25) is 0 Å². The predicted molar refractivity (Wildman–Crippen MR) is 85.3 cm³/mol. The van der Waals surface area contributed by atoms with Crippen LogP contribution >= 0.6 is 0 Å². The number of pyridine rings is 1. The maximum atomic E-state index is 6.20. The first kappa shape index (κ1) is 14.0. The Morgan fingerprint density at radius 2 is 1.91 bits per heavy atom. The highest BCUT2D eigenvalue weighted by Crippen LogP contribution is 2.25. The molecule has 0 spiro atoms. The molecule has 0 saturated heterocycles. The first-order valence-corrected chi connectivity index (χ1v) is 6.88. The highest BCUT2D eigenvalue weighted by Gasteiger charge is 2.13. The summed E-state index contributed by atoms with van der Waals surface area (Å²) in [4.78, 5) is 12.7. The Morgan fingerprint density at radius 3 is 2.59 bits per heavy atom. The molecule has 22 heavy (non-hydrogen) atoms. The third kappa shape index (κ3) is 2.60. The first-order valence-electron chi connectivity index (χ1n) is 6.88. The minimum Gasteiger partial charge on any atom is -0.393 e. The number of nitrogen functional groups attached to an aromatic ring is 1. The molecule has 112 valence electrons. The SMILES string of the molecule is Cc1ccnc(Nc2ncnc(-n3nc(C)cc3C)c2N)c1. The van der Waals surface area contributed by atoms with E-state index in [2.05, 4.69) is 25.4 Å². The molecule has 0 aliphatic rings. The van der Waals surface area contributed by atoms with Gasteiger partial charge in [-0.3, -0.25) is 0 Å². The van der Waals surface area contributed by atoms with Crippen LogP contribution in [0.4, 0.5) is 17.3 Å². The van der Waals surface area contributed by atoms with Gasteiger partial charge in [0.15, 0.2) is 11.6 Å². The molecule has 0 radical (unpaired) electrons. The second kappa shape index (κ2) is 5.44. The Hall–Kier alpha value is -2.96. The Kier molecular flexibility index (Phi) is 3.46. The lowest BCUT2D eigenvalue weighted by Crippen LogP contribution is -2.10. The number of aryl methyl sites for hydroxylation is 3. The number of aromatic nitrogens is 5. The highest BCUT2D eigenvalue weighted by atomic mass is 15.3. The zero-order valence-electron chi connectivity index (χ0n) is 12.7. The third-order valence-electron chi connectivity index (χ3n) is 3.24. The van der Waals surface area contributed by atoms with Crippen LogP contribution in [0.5, 0.6) is 0 Å². The van der Waals surface area contributed by atoms with Gasteiger partial charge in [-0.2, -0.15) is 5.10 Å². The van der Waals surface area contributed by atoms with E-state index in [4.69, 9.17) is 5.73 Å². The van der Waals surface area contributed by atoms with Crippen molar-refractivity contribution in [3.63, 3.8) is 0 Å². The molecule has 0 bridgehead atoms. The molecule has 3 aromatic rings. The van der Waals surface area contributed by atoms with Crippen molar-refractivity contribution >= 4 is 17.3 Å². The van der Waals surface area contributed by atoms with Crippen LogP contribution in [0.3, 0.4) is 0 Å². The number of anilines is 3. The number of nitrogens with two attached hydrogens (primary N) is 1. The summed E-state index contributed by atoms with van der Waals surface area (Å²) in [6.45, 7) is 5.88. The molecule has 3 aromatic heterocycles. The molecule has 0 atom stereocenters. The number of nitrogens with one attached hydrogen (secondary N) is 1. The molecule has 0 amide bonds. The fraction of sp³-hybridized carbons (Fsp3) is 0.200. The van der Waals surface area contributed by atoms with Crippen molar-refractivity contribution in [3.8, 4) is 5.82 Å². The van der Waals surface area contributed by atoms with Gasteiger partial charge in [0.1, 0.15) is 17.8 Å². The van der Waals surface area contributed by atoms with Crippen LogP contribution in [-0.2, 0) is 0 Å². The summed E-state index contributed by atoms with van der Waals surface area (Å²) in [5, 5.41) is 7.53. The smallest absolute Gasteiger partial charge is 0.182 e. The average Bonchev–Trinajstić information content (AvgIpc) is 2.80. The summed E-state index contributed by atoms with van der Waals surface area (Å²) < 4.78 is 1.71. The Labute approximate surface area is 128 Å². The van der Waals surface area contributed by atoms with Gasteiger partial charge in [-0.1, -0.05) is 0 Å². The maximum absolute atomic E-state index is 6.20. The minimum atomic E-state index is 0.428. The molecule has 0 fully saturated rings. The van der Waals surface area contributed by atoms with Gasteiger partial charge in [0.2, 0.25) is 0 Å². The lowest BCUT2D eigenvalue weighted by atomic mass is 10.3. The standard InChI is InChI=1S/C15H17N7/c1-9-4-5-17-12(6-9)20-14-13(16)15(19-8-18-14)22-11(3)7-10(2)21-22/h4-8H,16H2,1-3H3,(H,17,18,19,20). The summed E-state index contributed by atoms with van der Waals surface area (Å²) in [5.41, 5.74) is 9.60. The second-order valence-corrected chi connectivity index (χ2v) is 5.14. The summed E-state index contributed by atoms with van der Waals surface area (Å²) in [6.07, 6.45) is 3.19. The monoisotopic (exact) mass is 295 g/mol. The van der Waals surface area contributed by atoms with Gasteiger partial charge < -0.3 is 11.1 Å². The van der Waals surface area contributed by atoms with Crippen LogP contribution in [0, 0.1) is 20.8 Å². The van der Waals surface area contributed by atoms with E-state index < -0.39 is 0 Å². The van der Waals surface area contributed by atoms with E-state index in [9.17, 15) is 0 Å². The Morgan fingerprint density at radius 1 is 1.09 bits per heavy atom. The van der Waals surface area contributed by atoms with Crippen molar-refractivity contribution < 1.29 is 0 Å². The van der Waals surface area contributed by atoms with E-state index >= 15 is 0 Å². The van der Waals surface area contributed by atoms with Gasteiger partial charge in [0.25, 0.3) is 0 Å². The molecule has 3 N–H and O–H groups in total. The fourth-order valence-electron chi connectivity index (χ4n) is 2.22. The Balaban J connectivity index is 2.01. The van der Waals surface area contributed by atoms with Gasteiger partial charge in [0, 0.05) is 11.9 Å². The molecule has 0 aliphatic carbocycles. The zero-order valence-corrected chi connectivity index (χ0v) is 12.7. The zero-order chi connectivity index (χ0) is 15.7. The highest BCUT2D eigenvalue weighted by molar-refractivity contribution is 5.73. The lowest BCUT2D eigenvalue weighted by Gasteiger charge is -2.11. The van der Waals surface area contributed by atoms with Crippen LogP contribution < -0.4 is 11.1 Å². The summed E-state index contributed by atoms with van der Waals surface area (Å²) in [5.74, 6) is 1.75. The van der Waals surface area contributed by atoms with Crippen LogP contribution in [0.15, 0.2) is 30.7 Å². The average molecular weight is 295 g/mol. The van der Waals surface area contributed by atoms with E-state index in [1.165, 1.54) is 6.33 Å². The molecule has 3 rings (SSSR count). The second-order valence-electron chi connectivity index (χ2n) is 5.14. The molecular formula is C15H17N7. The normalized spacial score (nSPS) is 10.7. The topological polar surface area (TPSA) is 94.5 Å². The van der Waals surface area contributed by atoms with E-state index in [-0.39, 0.29) is 0 Å². The summed E-state index contributed by atoms with van der Waals surface area (Å²) >= 11 is 0. The fourth-order valence-corrected chi connectivity index (χ4v) is 2.22. The van der Waals surface area contributed by atoms with Crippen molar-refractivity contribution in [2.45, 2.75) is 20.8 Å². The molecule has 0 aromatic carbocycles. The van der Waals surface area contributed by atoms with E-state index in [0.29, 0.717) is 23.1 Å². The molecule has 7 heteroatoms. The molecule has 0 saturated carbocycles. The van der Waals surface area contributed by atoms with E-state index in [1.807, 2.05) is 39.0 Å². The Bertz CT molecular complexity index is 823. The molecule has 0 unspecified atom stereocenters. The largest absolute Gasteiger partial charge is 0.393 e. The van der Waals surface area contributed by atoms with Gasteiger partial charge >= 0.3 is 0 Å². The van der Waals surface area contributed by atoms with Crippen LogP contribution in [-0.4, -0.2) is 24.7 Å². The quantitative estimate of drug-likeness (QED) is 0.770. The third-order valence-corrected chi connectivity index (χ3v) is 3.24. The molecule has 7 nitrogen and oxygen atoms in total. The minimum absolute atomic E-state index is 0.428. The number of nitrogens with zero attached hydrogens (tertiary/aromatic N) is 5. The van der Waals surface area contributed by atoms with Gasteiger partial charge in [-0.15, -0.1) is 0 Å². The van der Waals surface area contributed by atoms with Crippen LogP contribution in [0.25, 0.3) is 5.82 Å². The lowest BCUT2D eigenvalue weighted by molar-refractivity contribution is 0.804. The maximum Gasteiger partial charge on any atom is 0.182 e. The van der Waals surface area contributed by atoms with Gasteiger partial charge in [-0.05, 0) is 44.5 Å². The van der Waals surface area contributed by atoms with E-state index in [0.717, 1.165) is 17.0 Å². The van der Waals surface area contributed by atoms with Crippen molar-refractivity contribution in [2.75, 3.05) is 11.1 Å². The van der Waals surface area contributed by atoms with Crippen molar-refractivity contribution in [1.29, 1.82) is 0 Å². The van der Waals surface area contributed by atoms with Gasteiger partial charge in [-0.25, -0.2) is 19.6 Å². The van der Waals surface area contributed by atoms with Crippen molar-refractivity contribution in [3.05, 3.63) is 47.7 Å². The first-order chi connectivity index (χ1) is 10.5. The van der Waals surface area contributed by atoms with Crippen LogP contribution in [0.1, 0.15) is 17.0 Å². The summed E-state index contributed by atoms with van der Waals surface area (Å²) in [7, 11) is 0. The van der Waals surface area contributed by atoms with E-state index in [1.54, 1.807) is 10.9 Å². The number of hydrogen-bond acceptors (Lipinski definition) is 6. The van der Waals surface area contributed by atoms with Gasteiger partial charge in [0.05, 0.1) is 5.69 Å². The van der Waals surface area contributed by atoms with Crippen molar-refractivity contribution in [1.82, 2.24) is 24.7 Å². The number of hydrogen-bond donors (Lipinski definition) is 2. The molecular weight excluding hydrogens is 278 g/mol. The predicted octanol–water partition coefficient (Wildman–Crippen LogP) is 2.31. The molecule has 3 heterocycles. The molecule has 0 aliphatic heterocycles. The number of rotatable bonds is 3.